The molecule has 1 atom stereocenters. The maximum absolute atomic E-state index is 12.6. The molecule has 0 aromatic carbocycles. The number of carbonyl (C=O) groups is 1. The first-order valence-electron chi connectivity index (χ1n) is 3.90. The summed E-state index contributed by atoms with van der Waals surface area (Å²) in [6, 6.07) is 0. The summed E-state index contributed by atoms with van der Waals surface area (Å²) in [5.74, 6) is -18.0. The zero-order valence-corrected chi connectivity index (χ0v) is 9.38. The van der Waals surface area contributed by atoms with Crippen molar-refractivity contribution >= 4 is 5.97 Å². The van der Waals surface area contributed by atoms with E-state index in [2.05, 4.69) is 0 Å². The number of hydrogen-bond donors (Lipinski definition) is 0. The summed E-state index contributed by atoms with van der Waals surface area (Å²) < 4.78 is 133. The van der Waals surface area contributed by atoms with Gasteiger partial charge in [-0.05, 0) is 0 Å². The van der Waals surface area contributed by atoms with Gasteiger partial charge in [0.05, 0.1) is 0 Å². The molecule has 0 amide bonds. The van der Waals surface area contributed by atoms with Crippen LogP contribution in [0.15, 0.2) is 0 Å². The van der Waals surface area contributed by atoms with Crippen LogP contribution in [0, 0.1) is 0 Å². The molecule has 0 bridgehead atoms. The maximum Gasteiger partial charge on any atom is 1.00 e. The third-order valence-electron chi connectivity index (χ3n) is 1.62. The number of ether oxygens (including phenoxy) is 1. The van der Waals surface area contributed by atoms with Crippen molar-refractivity contribution in [3.63, 3.8) is 0 Å². The van der Waals surface area contributed by atoms with Gasteiger partial charge in [0.1, 0.15) is 5.97 Å². The van der Waals surface area contributed by atoms with E-state index < -0.39 is 36.2 Å². The van der Waals surface area contributed by atoms with Crippen molar-refractivity contribution in [1.82, 2.24) is 0 Å². The molecule has 0 aromatic heterocycles. The normalized spacial score (nSPS) is 16.9. The zero-order valence-electron chi connectivity index (χ0n) is 9.38. The molecule has 0 N–H and O–H groups in total. The van der Waals surface area contributed by atoms with Crippen LogP contribution in [0.5, 0.6) is 0 Å². The van der Waals surface area contributed by atoms with Crippen molar-refractivity contribution in [3.8, 4) is 0 Å². The minimum atomic E-state index is -7.29. The first kappa shape index (κ1) is 22.5. The Labute approximate surface area is 119 Å². The fraction of sp³-hybridized carbons (Fsp3) is 0.833. The van der Waals surface area contributed by atoms with Crippen molar-refractivity contribution < 1.29 is 81.8 Å². The van der Waals surface area contributed by atoms with Crippen molar-refractivity contribution in [2.45, 2.75) is 30.2 Å². The number of rotatable bonds is 4. The number of carboxylic acid groups (broad SMARTS) is 1. The molecule has 0 heterocycles. The van der Waals surface area contributed by atoms with Crippen LogP contribution in [0.25, 0.3) is 0 Å². The molecule has 0 aromatic rings. The van der Waals surface area contributed by atoms with E-state index in [4.69, 9.17) is 0 Å². The van der Waals surface area contributed by atoms with Crippen LogP contribution < -0.4 is 24.0 Å². The molecular formula is C6F11LiO3. The van der Waals surface area contributed by atoms with Crippen molar-refractivity contribution in [2.24, 2.45) is 0 Å². The molecule has 0 fully saturated rings. The Morgan fingerprint density at radius 2 is 1.10 bits per heavy atom. The van der Waals surface area contributed by atoms with Gasteiger partial charge in [0, 0.05) is 0 Å². The summed E-state index contributed by atoms with van der Waals surface area (Å²) in [4.78, 5) is 9.73. The van der Waals surface area contributed by atoms with E-state index in [-0.39, 0.29) is 18.9 Å². The Bertz CT molecular complexity index is 388. The molecule has 0 aliphatic rings. The van der Waals surface area contributed by atoms with Crippen LogP contribution in [0.3, 0.4) is 0 Å². The van der Waals surface area contributed by atoms with Gasteiger partial charge < -0.3 is 9.90 Å². The van der Waals surface area contributed by atoms with E-state index in [1.807, 2.05) is 0 Å². The second kappa shape index (κ2) is 5.80. The van der Waals surface area contributed by atoms with E-state index in [0.717, 1.165) is 0 Å². The largest absolute Gasteiger partial charge is 1.00 e. The van der Waals surface area contributed by atoms with Gasteiger partial charge in [-0.3, -0.25) is 4.74 Å². The predicted octanol–water partition coefficient (Wildman–Crippen LogP) is -1.22. The molecule has 21 heavy (non-hydrogen) atoms. The minimum absolute atomic E-state index is 0. The quantitative estimate of drug-likeness (QED) is 0.478. The Hall–Kier alpha value is -0.743. The summed E-state index contributed by atoms with van der Waals surface area (Å²) in [7, 11) is 0. The topological polar surface area (TPSA) is 49.4 Å². The summed E-state index contributed by atoms with van der Waals surface area (Å²) in [5, 5.41) is 9.73. The molecule has 120 valence electrons. The van der Waals surface area contributed by atoms with Gasteiger partial charge in [-0.2, -0.15) is 48.3 Å². The molecule has 0 saturated carbocycles. The van der Waals surface area contributed by atoms with Crippen LogP contribution in [0.4, 0.5) is 48.3 Å². The van der Waals surface area contributed by atoms with E-state index in [1.54, 1.807) is 4.74 Å². The van der Waals surface area contributed by atoms with Gasteiger partial charge in [0.2, 0.25) is 0 Å². The second-order valence-corrected chi connectivity index (χ2v) is 3.07. The van der Waals surface area contributed by atoms with Crippen LogP contribution in [-0.4, -0.2) is 36.2 Å². The summed E-state index contributed by atoms with van der Waals surface area (Å²) in [6.45, 7) is 0. The number of carbonyl (C=O) groups excluding carboxylic acids is 1. The van der Waals surface area contributed by atoms with Gasteiger partial charge >= 0.3 is 49.1 Å². The molecule has 0 aliphatic heterocycles. The van der Waals surface area contributed by atoms with Crippen molar-refractivity contribution in [2.75, 3.05) is 0 Å². The van der Waals surface area contributed by atoms with Gasteiger partial charge in [0.15, 0.2) is 0 Å². The number of alkyl halides is 11. The Kier molecular flexibility index (Phi) is 6.23. The summed E-state index contributed by atoms with van der Waals surface area (Å²) >= 11 is 0. The average molecular weight is 336 g/mol. The molecule has 3 nitrogen and oxygen atoms in total. The van der Waals surface area contributed by atoms with Crippen LogP contribution in [0.2, 0.25) is 0 Å². The minimum Gasteiger partial charge on any atom is -0.544 e. The third-order valence-corrected chi connectivity index (χ3v) is 1.62. The van der Waals surface area contributed by atoms with Crippen LogP contribution in [0.1, 0.15) is 0 Å². The predicted molar refractivity (Wildman–Crippen MR) is 31.9 cm³/mol. The zero-order chi connectivity index (χ0) is 16.8. The second-order valence-electron chi connectivity index (χ2n) is 3.07. The molecule has 0 aliphatic carbocycles. The van der Waals surface area contributed by atoms with Crippen molar-refractivity contribution in [1.29, 1.82) is 0 Å². The van der Waals surface area contributed by atoms with Crippen LogP contribution >= 0.6 is 0 Å². The monoisotopic (exact) mass is 336 g/mol. The van der Waals surface area contributed by atoms with Gasteiger partial charge in [-0.15, -0.1) is 0 Å². The van der Waals surface area contributed by atoms with E-state index >= 15 is 0 Å². The Morgan fingerprint density at radius 3 is 1.29 bits per heavy atom. The van der Waals surface area contributed by atoms with Crippen molar-refractivity contribution in [3.05, 3.63) is 0 Å². The third kappa shape index (κ3) is 3.92. The molecule has 1 unspecified atom stereocenters. The number of aliphatic carboxylic acids is 1. The average Bonchev–Trinajstić information content (AvgIpc) is 2.12. The molecule has 0 rings (SSSR count). The van der Waals surface area contributed by atoms with E-state index in [1.165, 1.54) is 0 Å². The summed E-state index contributed by atoms with van der Waals surface area (Å²) in [6.07, 6.45) is -21.2. The van der Waals surface area contributed by atoms with Gasteiger partial charge in [0.25, 0.3) is 0 Å². The standard InChI is InChI=1S/C6HF11O3.Li/c7-2(1(18)19,4(10,11)12)20-6(16,17)3(8,9)5(13,14)15;/h(H,18,19);/q;+1/p-1. The van der Waals surface area contributed by atoms with E-state index in [0.29, 0.717) is 0 Å². The molecule has 0 spiro atoms. The van der Waals surface area contributed by atoms with Crippen LogP contribution in [-0.2, 0) is 9.53 Å². The maximum atomic E-state index is 12.6. The number of halogens is 11. The Morgan fingerprint density at radius 1 is 0.762 bits per heavy atom. The SMILES string of the molecule is O=C([O-])C(F)(OC(F)(F)C(F)(F)C(F)(F)F)C(F)(F)F.[Li+]. The Balaban J connectivity index is 0. The number of hydrogen-bond acceptors (Lipinski definition) is 3. The van der Waals surface area contributed by atoms with Gasteiger partial charge in [-0.1, -0.05) is 0 Å². The molecule has 0 saturated heterocycles. The van der Waals surface area contributed by atoms with Gasteiger partial charge in [-0.25, -0.2) is 0 Å². The fourth-order valence-corrected chi connectivity index (χ4v) is 0.621. The van der Waals surface area contributed by atoms with E-state index in [9.17, 15) is 58.2 Å². The molecule has 15 heteroatoms. The molecular weight excluding hydrogens is 336 g/mol. The smallest absolute Gasteiger partial charge is 0.544 e. The first-order valence-corrected chi connectivity index (χ1v) is 3.90. The first-order chi connectivity index (χ1) is 8.40. The molecule has 0 radical (unpaired) electrons. The summed E-state index contributed by atoms with van der Waals surface area (Å²) in [5.41, 5.74) is 0. The number of carboxylic acids is 1. The fourth-order valence-electron chi connectivity index (χ4n) is 0.621.